The number of hydrogen-bond donors (Lipinski definition) is 2. The highest BCUT2D eigenvalue weighted by Gasteiger charge is 2.29. The van der Waals surface area contributed by atoms with Crippen molar-refractivity contribution in [2.24, 2.45) is 5.92 Å². The first kappa shape index (κ1) is 19.6. The SMILES string of the molecule is Cc1nc(C)c(C(=O)NC2C(C)CCNC2C)s1.Cl.Cl. The monoisotopic (exact) mass is 339 g/mol. The van der Waals surface area contributed by atoms with Crippen LogP contribution in [0.1, 0.15) is 40.6 Å². The zero-order valence-corrected chi connectivity index (χ0v) is 14.7. The molecule has 1 aliphatic rings. The maximum absolute atomic E-state index is 12.3. The van der Waals surface area contributed by atoms with Crippen molar-refractivity contribution in [3.63, 3.8) is 0 Å². The van der Waals surface area contributed by atoms with E-state index in [1.54, 1.807) is 0 Å². The van der Waals surface area contributed by atoms with Crippen LogP contribution >= 0.6 is 36.2 Å². The summed E-state index contributed by atoms with van der Waals surface area (Å²) in [5, 5.41) is 7.51. The predicted octanol–water partition coefficient (Wildman–Crippen LogP) is 2.72. The molecule has 3 unspecified atom stereocenters. The molecule has 1 saturated heterocycles. The van der Waals surface area contributed by atoms with E-state index in [9.17, 15) is 4.79 Å². The minimum absolute atomic E-state index is 0. The zero-order valence-electron chi connectivity index (χ0n) is 12.2. The number of carbonyl (C=O) groups is 1. The third-order valence-electron chi connectivity index (χ3n) is 3.63. The average Bonchev–Trinajstić information content (AvgIpc) is 2.63. The van der Waals surface area contributed by atoms with Gasteiger partial charge in [-0.25, -0.2) is 4.98 Å². The van der Waals surface area contributed by atoms with E-state index in [1.807, 2.05) is 13.8 Å². The Morgan fingerprint density at radius 2 is 2.00 bits per heavy atom. The van der Waals surface area contributed by atoms with E-state index in [4.69, 9.17) is 0 Å². The van der Waals surface area contributed by atoms with Crippen LogP contribution in [0.25, 0.3) is 0 Å². The van der Waals surface area contributed by atoms with E-state index in [0.717, 1.165) is 28.5 Å². The minimum Gasteiger partial charge on any atom is -0.347 e. The van der Waals surface area contributed by atoms with Gasteiger partial charge in [0.2, 0.25) is 0 Å². The topological polar surface area (TPSA) is 54.0 Å². The van der Waals surface area contributed by atoms with Crippen LogP contribution in [-0.4, -0.2) is 29.5 Å². The first-order valence-electron chi connectivity index (χ1n) is 6.47. The molecular weight excluding hydrogens is 317 g/mol. The lowest BCUT2D eigenvalue weighted by atomic mass is 9.89. The van der Waals surface area contributed by atoms with Crippen molar-refractivity contribution in [2.45, 2.75) is 46.2 Å². The molecular formula is C13H23Cl2N3OS. The molecule has 116 valence electrons. The summed E-state index contributed by atoms with van der Waals surface area (Å²) < 4.78 is 0. The van der Waals surface area contributed by atoms with Crippen molar-refractivity contribution in [1.29, 1.82) is 0 Å². The number of halogens is 2. The van der Waals surface area contributed by atoms with E-state index in [0.29, 0.717) is 12.0 Å². The van der Waals surface area contributed by atoms with Gasteiger partial charge in [0, 0.05) is 12.1 Å². The third kappa shape index (κ3) is 4.32. The Bertz CT molecular complexity index is 443. The summed E-state index contributed by atoms with van der Waals surface area (Å²) in [6.07, 6.45) is 1.11. The van der Waals surface area contributed by atoms with Crippen molar-refractivity contribution in [2.75, 3.05) is 6.54 Å². The van der Waals surface area contributed by atoms with Crippen molar-refractivity contribution in [3.05, 3.63) is 15.6 Å². The van der Waals surface area contributed by atoms with E-state index < -0.39 is 0 Å². The molecule has 4 nitrogen and oxygen atoms in total. The lowest BCUT2D eigenvalue weighted by Crippen LogP contribution is -2.55. The standard InChI is InChI=1S/C13H21N3OS.2ClH/c1-7-5-6-14-8(2)11(7)16-13(17)12-9(3)15-10(4)18-12;;/h7-8,11,14H,5-6H2,1-4H3,(H,16,17);2*1H. The second kappa shape index (κ2) is 8.17. The van der Waals surface area contributed by atoms with Crippen LogP contribution in [0, 0.1) is 19.8 Å². The molecule has 3 atom stereocenters. The van der Waals surface area contributed by atoms with Crippen molar-refractivity contribution in [1.82, 2.24) is 15.6 Å². The summed E-state index contributed by atoms with van der Waals surface area (Å²) >= 11 is 1.47. The van der Waals surface area contributed by atoms with Crippen molar-refractivity contribution < 1.29 is 4.79 Å². The molecule has 2 N–H and O–H groups in total. The summed E-state index contributed by atoms with van der Waals surface area (Å²) in [6.45, 7) is 9.19. The summed E-state index contributed by atoms with van der Waals surface area (Å²) in [4.78, 5) is 17.3. The highest BCUT2D eigenvalue weighted by Crippen LogP contribution is 2.20. The highest BCUT2D eigenvalue weighted by atomic mass is 35.5. The van der Waals surface area contributed by atoms with E-state index in [-0.39, 0.29) is 36.8 Å². The number of rotatable bonds is 2. The average molecular weight is 340 g/mol. The Balaban J connectivity index is 0.00000180. The van der Waals surface area contributed by atoms with Crippen molar-refractivity contribution in [3.8, 4) is 0 Å². The molecule has 0 aromatic carbocycles. The van der Waals surface area contributed by atoms with Gasteiger partial charge in [-0.3, -0.25) is 4.79 Å². The second-order valence-electron chi connectivity index (χ2n) is 5.16. The van der Waals surface area contributed by atoms with Crippen LogP contribution in [-0.2, 0) is 0 Å². The molecule has 0 spiro atoms. The van der Waals surface area contributed by atoms with Crippen molar-refractivity contribution >= 4 is 42.1 Å². The number of carbonyl (C=O) groups excluding carboxylic acids is 1. The normalized spacial score (nSPS) is 25.3. The largest absolute Gasteiger partial charge is 0.347 e. The van der Waals surface area contributed by atoms with Gasteiger partial charge < -0.3 is 10.6 Å². The summed E-state index contributed by atoms with van der Waals surface area (Å²) in [5.74, 6) is 0.532. The Morgan fingerprint density at radius 3 is 2.50 bits per heavy atom. The first-order chi connectivity index (χ1) is 8.49. The summed E-state index contributed by atoms with van der Waals surface area (Å²) in [7, 11) is 0. The second-order valence-corrected chi connectivity index (χ2v) is 6.36. The predicted molar refractivity (Wildman–Crippen MR) is 88.6 cm³/mol. The Hall–Kier alpha value is -0.360. The number of thiazole rings is 1. The van der Waals surface area contributed by atoms with Crippen LogP contribution < -0.4 is 10.6 Å². The Labute approximate surface area is 137 Å². The fourth-order valence-corrected chi connectivity index (χ4v) is 3.39. The van der Waals surface area contributed by atoms with Gasteiger partial charge in [0.1, 0.15) is 4.88 Å². The maximum Gasteiger partial charge on any atom is 0.263 e. The highest BCUT2D eigenvalue weighted by molar-refractivity contribution is 7.13. The minimum atomic E-state index is 0. The number of nitrogens with one attached hydrogen (secondary N) is 2. The van der Waals surface area contributed by atoms with Gasteiger partial charge in [0.15, 0.2) is 0 Å². The number of aromatic nitrogens is 1. The molecule has 0 aliphatic carbocycles. The molecule has 0 saturated carbocycles. The van der Waals surface area contributed by atoms with Gasteiger partial charge >= 0.3 is 0 Å². The number of piperidine rings is 1. The lowest BCUT2D eigenvalue weighted by molar-refractivity contribution is 0.0901. The molecule has 2 heterocycles. The quantitative estimate of drug-likeness (QED) is 0.870. The van der Waals surface area contributed by atoms with Crippen LogP contribution in [0.15, 0.2) is 0 Å². The lowest BCUT2D eigenvalue weighted by Gasteiger charge is -2.35. The van der Waals surface area contributed by atoms with Gasteiger partial charge in [-0.1, -0.05) is 6.92 Å². The number of amides is 1. The molecule has 2 rings (SSSR count). The maximum atomic E-state index is 12.3. The van der Waals surface area contributed by atoms with Gasteiger partial charge in [0.05, 0.1) is 10.7 Å². The molecule has 0 radical (unpaired) electrons. The molecule has 1 aliphatic heterocycles. The number of aryl methyl sites for hydroxylation is 2. The summed E-state index contributed by atoms with van der Waals surface area (Å²) in [5.41, 5.74) is 0.832. The Morgan fingerprint density at radius 1 is 1.35 bits per heavy atom. The zero-order chi connectivity index (χ0) is 13.3. The smallest absolute Gasteiger partial charge is 0.263 e. The Kier molecular flexibility index (Phi) is 8.03. The van der Waals surface area contributed by atoms with Gasteiger partial charge in [-0.15, -0.1) is 36.2 Å². The van der Waals surface area contributed by atoms with Crippen LogP contribution in [0.5, 0.6) is 0 Å². The fourth-order valence-electron chi connectivity index (χ4n) is 2.56. The van der Waals surface area contributed by atoms with E-state index >= 15 is 0 Å². The molecule has 1 amide bonds. The van der Waals surface area contributed by atoms with E-state index in [1.165, 1.54) is 11.3 Å². The molecule has 1 fully saturated rings. The molecule has 1 aromatic heterocycles. The molecule has 0 bridgehead atoms. The molecule has 1 aromatic rings. The van der Waals surface area contributed by atoms with Gasteiger partial charge in [0.25, 0.3) is 5.91 Å². The van der Waals surface area contributed by atoms with Gasteiger partial charge in [-0.05, 0) is 39.7 Å². The van der Waals surface area contributed by atoms with Crippen LogP contribution in [0.4, 0.5) is 0 Å². The fraction of sp³-hybridized carbons (Fsp3) is 0.692. The number of hydrogen-bond acceptors (Lipinski definition) is 4. The van der Waals surface area contributed by atoms with E-state index in [2.05, 4.69) is 29.5 Å². The van der Waals surface area contributed by atoms with Crippen LogP contribution in [0.2, 0.25) is 0 Å². The third-order valence-corrected chi connectivity index (χ3v) is 4.70. The first-order valence-corrected chi connectivity index (χ1v) is 7.29. The molecule has 7 heteroatoms. The number of nitrogens with zero attached hydrogens (tertiary/aromatic N) is 1. The van der Waals surface area contributed by atoms with Crippen LogP contribution in [0.3, 0.4) is 0 Å². The summed E-state index contributed by atoms with van der Waals surface area (Å²) in [6, 6.07) is 0.528. The molecule has 20 heavy (non-hydrogen) atoms. The van der Waals surface area contributed by atoms with Gasteiger partial charge in [-0.2, -0.15) is 0 Å².